The van der Waals surface area contributed by atoms with Gasteiger partial charge in [-0.3, -0.25) is 0 Å². The first kappa shape index (κ1) is 13.6. The summed E-state index contributed by atoms with van der Waals surface area (Å²) in [6.07, 6.45) is 0.858. The molecule has 1 heterocycles. The number of aryl methyl sites for hydroxylation is 1. The lowest BCUT2D eigenvalue weighted by molar-refractivity contribution is 0.145. The molecule has 0 aliphatic rings. The summed E-state index contributed by atoms with van der Waals surface area (Å²) in [5, 5.41) is 10.5. The van der Waals surface area contributed by atoms with Gasteiger partial charge in [-0.2, -0.15) is 0 Å². The summed E-state index contributed by atoms with van der Waals surface area (Å²) in [5.74, 6) is 1.27. The van der Waals surface area contributed by atoms with Crippen molar-refractivity contribution in [3.63, 3.8) is 0 Å². The van der Waals surface area contributed by atoms with Gasteiger partial charge in [-0.1, -0.05) is 18.2 Å². The minimum Gasteiger partial charge on any atom is -0.496 e. The largest absolute Gasteiger partial charge is 0.496 e. The monoisotopic (exact) mass is 261 g/mol. The Morgan fingerprint density at radius 1 is 1.37 bits per heavy atom. The lowest BCUT2D eigenvalue weighted by atomic mass is 9.89. The number of rotatable bonds is 5. The summed E-state index contributed by atoms with van der Waals surface area (Å²) in [5.41, 5.74) is 7.46. The summed E-state index contributed by atoms with van der Waals surface area (Å²) in [7, 11) is 1.61. The van der Waals surface area contributed by atoms with E-state index in [9.17, 15) is 5.11 Å². The van der Waals surface area contributed by atoms with Crippen LogP contribution in [-0.4, -0.2) is 18.8 Å². The second-order valence-electron chi connectivity index (χ2n) is 4.52. The maximum absolute atomic E-state index is 10.5. The van der Waals surface area contributed by atoms with Gasteiger partial charge < -0.3 is 20.0 Å². The highest BCUT2D eigenvalue weighted by Crippen LogP contribution is 2.35. The first-order chi connectivity index (χ1) is 9.17. The van der Waals surface area contributed by atoms with Crippen molar-refractivity contribution < 1.29 is 14.3 Å². The van der Waals surface area contributed by atoms with Crippen molar-refractivity contribution in [2.75, 3.05) is 13.7 Å². The van der Waals surface area contributed by atoms with Crippen molar-refractivity contribution in [3.05, 3.63) is 53.5 Å². The Morgan fingerprint density at radius 3 is 2.68 bits per heavy atom. The lowest BCUT2D eigenvalue weighted by Crippen LogP contribution is -2.20. The molecule has 102 valence electrons. The van der Waals surface area contributed by atoms with Crippen LogP contribution in [0.4, 0.5) is 0 Å². The van der Waals surface area contributed by atoms with Gasteiger partial charge in [0.25, 0.3) is 0 Å². The van der Waals surface area contributed by atoms with E-state index < -0.39 is 6.10 Å². The normalized spacial score (nSPS) is 14.1. The molecular formula is C15H19NO3. The maximum Gasteiger partial charge on any atom is 0.122 e. The third kappa shape index (κ3) is 2.80. The van der Waals surface area contributed by atoms with Crippen molar-refractivity contribution in [3.8, 4) is 5.75 Å². The number of para-hydroxylation sites is 1. The molecule has 19 heavy (non-hydrogen) atoms. The van der Waals surface area contributed by atoms with Gasteiger partial charge in [0.05, 0.1) is 19.5 Å². The molecule has 0 radical (unpaired) electrons. The average molecular weight is 261 g/mol. The minimum atomic E-state index is -0.709. The number of furan rings is 1. The minimum absolute atomic E-state index is 0.229. The van der Waals surface area contributed by atoms with Crippen LogP contribution in [0.1, 0.15) is 28.9 Å². The molecular weight excluding hydrogens is 242 g/mol. The van der Waals surface area contributed by atoms with E-state index >= 15 is 0 Å². The van der Waals surface area contributed by atoms with Crippen LogP contribution in [0.3, 0.4) is 0 Å². The molecule has 0 fully saturated rings. The molecule has 0 aliphatic heterocycles. The van der Waals surface area contributed by atoms with Gasteiger partial charge in [0, 0.05) is 23.6 Å². The van der Waals surface area contributed by atoms with Crippen LogP contribution >= 0.6 is 0 Å². The summed E-state index contributed by atoms with van der Waals surface area (Å²) in [6, 6.07) is 9.42. The Morgan fingerprint density at radius 2 is 2.11 bits per heavy atom. The van der Waals surface area contributed by atoms with Crippen molar-refractivity contribution in [2.24, 2.45) is 5.73 Å². The molecule has 2 unspecified atom stereocenters. The number of methoxy groups -OCH3 is 1. The first-order valence-electron chi connectivity index (χ1n) is 6.23. The van der Waals surface area contributed by atoms with Gasteiger partial charge in [0.2, 0.25) is 0 Å². The number of benzene rings is 1. The second-order valence-corrected chi connectivity index (χ2v) is 4.52. The van der Waals surface area contributed by atoms with E-state index in [1.165, 1.54) is 0 Å². The number of hydrogen-bond acceptors (Lipinski definition) is 4. The van der Waals surface area contributed by atoms with Crippen LogP contribution in [0.15, 0.2) is 41.0 Å². The Hall–Kier alpha value is -1.78. The van der Waals surface area contributed by atoms with Crippen LogP contribution in [0.5, 0.6) is 5.75 Å². The number of aliphatic hydroxyl groups is 1. The summed E-state index contributed by atoms with van der Waals surface area (Å²) >= 11 is 0. The van der Waals surface area contributed by atoms with Gasteiger partial charge in [0.1, 0.15) is 11.5 Å². The van der Waals surface area contributed by atoms with Gasteiger partial charge in [-0.05, 0) is 19.1 Å². The third-order valence-electron chi connectivity index (χ3n) is 3.27. The molecule has 0 bridgehead atoms. The molecule has 4 heteroatoms. The zero-order valence-electron chi connectivity index (χ0n) is 11.2. The molecule has 0 saturated carbocycles. The zero-order chi connectivity index (χ0) is 13.8. The fourth-order valence-electron chi connectivity index (χ4n) is 2.25. The van der Waals surface area contributed by atoms with Gasteiger partial charge in [-0.25, -0.2) is 0 Å². The van der Waals surface area contributed by atoms with E-state index in [-0.39, 0.29) is 5.92 Å². The van der Waals surface area contributed by atoms with Gasteiger partial charge in [0.15, 0.2) is 0 Å². The molecule has 3 N–H and O–H groups in total. The molecule has 2 rings (SSSR count). The summed E-state index contributed by atoms with van der Waals surface area (Å²) < 4.78 is 10.6. The highest BCUT2D eigenvalue weighted by molar-refractivity contribution is 5.38. The SMILES string of the molecule is COc1ccccc1C(CN)C(O)c1coc(C)c1. The van der Waals surface area contributed by atoms with Crippen molar-refractivity contribution in [2.45, 2.75) is 18.9 Å². The van der Waals surface area contributed by atoms with E-state index in [0.29, 0.717) is 6.54 Å². The van der Waals surface area contributed by atoms with E-state index in [0.717, 1.165) is 22.6 Å². The number of hydrogen-bond donors (Lipinski definition) is 2. The van der Waals surface area contributed by atoms with Crippen molar-refractivity contribution in [1.29, 1.82) is 0 Å². The van der Waals surface area contributed by atoms with Crippen LogP contribution in [0, 0.1) is 6.92 Å². The summed E-state index contributed by atoms with van der Waals surface area (Å²) in [4.78, 5) is 0. The maximum atomic E-state index is 10.5. The molecule has 1 aromatic carbocycles. The molecule has 0 spiro atoms. The van der Waals surface area contributed by atoms with Crippen molar-refractivity contribution >= 4 is 0 Å². The fraction of sp³-hybridized carbons (Fsp3) is 0.333. The van der Waals surface area contributed by atoms with Crippen LogP contribution in [0.25, 0.3) is 0 Å². The average Bonchev–Trinajstić information content (AvgIpc) is 2.86. The second kappa shape index (κ2) is 5.91. The highest BCUT2D eigenvalue weighted by atomic mass is 16.5. The van der Waals surface area contributed by atoms with Gasteiger partial charge >= 0.3 is 0 Å². The predicted molar refractivity (Wildman–Crippen MR) is 73.2 cm³/mol. The quantitative estimate of drug-likeness (QED) is 0.867. The van der Waals surface area contributed by atoms with E-state index in [2.05, 4.69) is 0 Å². The first-order valence-corrected chi connectivity index (χ1v) is 6.23. The molecule has 2 atom stereocenters. The van der Waals surface area contributed by atoms with Crippen molar-refractivity contribution in [1.82, 2.24) is 0 Å². The van der Waals surface area contributed by atoms with Crippen LogP contribution in [-0.2, 0) is 0 Å². The molecule has 0 saturated heterocycles. The molecule has 4 nitrogen and oxygen atoms in total. The Kier molecular flexibility index (Phi) is 4.24. The predicted octanol–water partition coefficient (Wildman–Crippen LogP) is 2.37. The third-order valence-corrected chi connectivity index (χ3v) is 3.27. The Bertz CT molecular complexity index is 536. The standard InChI is InChI=1S/C15H19NO3/c1-10-7-11(9-19-10)15(17)13(8-16)12-5-3-4-6-14(12)18-2/h3-7,9,13,15,17H,8,16H2,1-2H3. The van der Waals surface area contributed by atoms with Crippen LogP contribution in [0.2, 0.25) is 0 Å². The van der Waals surface area contributed by atoms with E-state index in [4.69, 9.17) is 14.9 Å². The topological polar surface area (TPSA) is 68.6 Å². The summed E-state index contributed by atoms with van der Waals surface area (Å²) in [6.45, 7) is 2.17. The van der Waals surface area contributed by atoms with Crippen LogP contribution < -0.4 is 10.5 Å². The smallest absolute Gasteiger partial charge is 0.122 e. The zero-order valence-corrected chi connectivity index (χ0v) is 11.2. The van der Waals surface area contributed by atoms with Gasteiger partial charge in [-0.15, -0.1) is 0 Å². The molecule has 0 amide bonds. The molecule has 2 aromatic rings. The molecule has 1 aromatic heterocycles. The van der Waals surface area contributed by atoms with E-state index in [1.54, 1.807) is 13.4 Å². The number of nitrogens with two attached hydrogens (primary N) is 1. The Labute approximate surface area is 112 Å². The highest BCUT2D eigenvalue weighted by Gasteiger charge is 2.25. The number of ether oxygens (including phenoxy) is 1. The Balaban J connectivity index is 2.33. The van der Waals surface area contributed by atoms with E-state index in [1.807, 2.05) is 37.3 Å². The number of aliphatic hydroxyl groups excluding tert-OH is 1. The fourth-order valence-corrected chi connectivity index (χ4v) is 2.25. The lowest BCUT2D eigenvalue weighted by Gasteiger charge is -2.22. The molecule has 0 aliphatic carbocycles.